The number of carboxylic acid groups (broad SMARTS) is 1. The van der Waals surface area contributed by atoms with Crippen molar-refractivity contribution in [1.29, 1.82) is 0 Å². The van der Waals surface area contributed by atoms with Gasteiger partial charge in [-0.05, 0) is 24.0 Å². The molecule has 0 unspecified atom stereocenters. The summed E-state index contributed by atoms with van der Waals surface area (Å²) in [5.74, 6) is -1.65. The monoisotopic (exact) mass is 399 g/mol. The topological polar surface area (TPSA) is 107 Å². The van der Waals surface area contributed by atoms with Gasteiger partial charge in [0.25, 0.3) is 0 Å². The van der Waals surface area contributed by atoms with E-state index in [0.29, 0.717) is 23.8 Å². The molecular formula is C16H13F4N5O3. The van der Waals surface area contributed by atoms with Crippen LogP contribution in [-0.4, -0.2) is 41.9 Å². The van der Waals surface area contributed by atoms with Crippen LogP contribution >= 0.6 is 0 Å². The lowest BCUT2D eigenvalue weighted by atomic mass is 10.1. The molecule has 0 aromatic carbocycles. The van der Waals surface area contributed by atoms with Gasteiger partial charge in [0.1, 0.15) is 5.82 Å². The fraction of sp³-hybridized carbons (Fsp3) is 0.312. The number of alkyl halides is 3. The molecule has 4 rings (SSSR count). The Labute approximate surface area is 154 Å². The maximum atomic E-state index is 13.7. The van der Waals surface area contributed by atoms with Gasteiger partial charge < -0.3 is 14.2 Å². The van der Waals surface area contributed by atoms with E-state index in [1.807, 2.05) is 10.8 Å². The molecule has 0 spiro atoms. The molecule has 0 radical (unpaired) electrons. The maximum absolute atomic E-state index is 13.7. The van der Waals surface area contributed by atoms with Crippen molar-refractivity contribution in [3.8, 4) is 0 Å². The molecule has 1 aliphatic carbocycles. The molecule has 3 heterocycles. The number of hydrogen-bond acceptors (Lipinski definition) is 6. The molecule has 1 fully saturated rings. The smallest absolute Gasteiger partial charge is 0.475 e. The predicted molar refractivity (Wildman–Crippen MR) is 83.6 cm³/mol. The largest absolute Gasteiger partial charge is 0.490 e. The number of carboxylic acids is 1. The van der Waals surface area contributed by atoms with Gasteiger partial charge in [-0.15, -0.1) is 0 Å². The fourth-order valence-electron chi connectivity index (χ4n) is 2.52. The van der Waals surface area contributed by atoms with Crippen molar-refractivity contribution in [2.24, 2.45) is 0 Å². The minimum atomic E-state index is -5.08. The Kier molecular flexibility index (Phi) is 5.38. The summed E-state index contributed by atoms with van der Waals surface area (Å²) in [6, 6.07) is 1.71. The van der Waals surface area contributed by atoms with Crippen molar-refractivity contribution >= 4 is 5.97 Å². The van der Waals surface area contributed by atoms with Crippen LogP contribution in [0.25, 0.3) is 0 Å². The van der Waals surface area contributed by atoms with Crippen molar-refractivity contribution < 1.29 is 32.0 Å². The quantitative estimate of drug-likeness (QED) is 0.672. The van der Waals surface area contributed by atoms with Crippen molar-refractivity contribution in [1.82, 2.24) is 24.7 Å². The normalized spacial score (nSPS) is 18.3. The first-order valence-electron chi connectivity index (χ1n) is 7.93. The first-order valence-corrected chi connectivity index (χ1v) is 7.93. The Balaban J connectivity index is 0.000000279. The lowest BCUT2D eigenvalue weighted by Crippen LogP contribution is -2.21. The Morgan fingerprint density at radius 1 is 1.29 bits per heavy atom. The summed E-state index contributed by atoms with van der Waals surface area (Å²) in [4.78, 5) is 21.0. The van der Waals surface area contributed by atoms with Crippen LogP contribution in [0.15, 0.2) is 41.7 Å². The highest BCUT2D eigenvalue weighted by Gasteiger charge is 2.45. The van der Waals surface area contributed by atoms with Crippen LogP contribution in [0.2, 0.25) is 0 Å². The van der Waals surface area contributed by atoms with Crippen LogP contribution in [0.1, 0.15) is 35.5 Å². The third kappa shape index (κ3) is 4.69. The average Bonchev–Trinajstić information content (AvgIpc) is 3.02. The third-order valence-corrected chi connectivity index (χ3v) is 3.92. The maximum Gasteiger partial charge on any atom is 0.490 e. The van der Waals surface area contributed by atoms with Crippen molar-refractivity contribution in [3.63, 3.8) is 0 Å². The number of imidazole rings is 1. The van der Waals surface area contributed by atoms with E-state index in [2.05, 4.69) is 20.1 Å². The van der Waals surface area contributed by atoms with Crippen LogP contribution in [-0.2, 0) is 11.3 Å². The number of hydrogen-bond donors (Lipinski definition) is 1. The number of aromatic nitrogens is 5. The predicted octanol–water partition coefficient (Wildman–Crippen LogP) is 2.75. The second-order valence-corrected chi connectivity index (χ2v) is 5.93. The van der Waals surface area contributed by atoms with E-state index >= 15 is 0 Å². The summed E-state index contributed by atoms with van der Waals surface area (Å²) in [6.07, 6.45) is 3.82. The summed E-state index contributed by atoms with van der Waals surface area (Å²) < 4.78 is 52.6. The van der Waals surface area contributed by atoms with Crippen molar-refractivity contribution in [3.05, 3.63) is 60.3 Å². The van der Waals surface area contributed by atoms with Crippen LogP contribution < -0.4 is 0 Å². The van der Waals surface area contributed by atoms with E-state index in [-0.39, 0.29) is 17.7 Å². The highest BCUT2D eigenvalue weighted by Crippen LogP contribution is 2.54. The molecule has 3 aromatic heterocycles. The van der Waals surface area contributed by atoms with Crippen LogP contribution in [0.4, 0.5) is 17.6 Å². The zero-order valence-corrected chi connectivity index (χ0v) is 14.0. The van der Waals surface area contributed by atoms with Gasteiger partial charge in [-0.1, -0.05) is 5.16 Å². The van der Waals surface area contributed by atoms with E-state index in [9.17, 15) is 17.6 Å². The third-order valence-electron chi connectivity index (χ3n) is 3.92. The molecule has 1 saturated carbocycles. The molecule has 148 valence electrons. The van der Waals surface area contributed by atoms with Crippen molar-refractivity contribution in [2.45, 2.75) is 31.0 Å². The lowest BCUT2D eigenvalue weighted by molar-refractivity contribution is -0.192. The second-order valence-electron chi connectivity index (χ2n) is 5.93. The first-order chi connectivity index (χ1) is 13.3. The molecule has 1 N–H and O–H groups in total. The van der Waals surface area contributed by atoms with Gasteiger partial charge in [0.15, 0.2) is 5.82 Å². The highest BCUT2D eigenvalue weighted by molar-refractivity contribution is 5.73. The number of nitrogens with zero attached hydrogens (tertiary/aromatic N) is 5. The molecule has 3 aromatic rings. The molecule has 0 saturated heterocycles. The zero-order valence-electron chi connectivity index (χ0n) is 14.0. The van der Waals surface area contributed by atoms with Gasteiger partial charge in [-0.3, -0.25) is 4.98 Å². The van der Waals surface area contributed by atoms with E-state index in [1.54, 1.807) is 24.8 Å². The average molecular weight is 399 g/mol. The number of halogens is 4. The molecule has 1 aliphatic rings. The Hall–Kier alpha value is -3.31. The lowest BCUT2D eigenvalue weighted by Gasteiger charge is -1.98. The molecule has 8 nitrogen and oxygen atoms in total. The molecule has 0 amide bonds. The van der Waals surface area contributed by atoms with Gasteiger partial charge in [0.05, 0.1) is 19.1 Å². The van der Waals surface area contributed by atoms with Gasteiger partial charge in [-0.25, -0.2) is 14.2 Å². The standard InChI is InChI=1S/C14H12FN5O.C2HF3O2/c15-12-6-16-2-1-9(12)10-5-11(10)14-18-13(19-21-14)7-20-4-3-17-8-20;3-2(4,5)1(6)7/h1-4,6,8,10-11H,5,7H2;(H,6,7)/t10-,11+;/m0./s1. The Morgan fingerprint density at radius 3 is 2.64 bits per heavy atom. The van der Waals surface area contributed by atoms with E-state index < -0.39 is 12.1 Å². The molecule has 2 atom stereocenters. The summed E-state index contributed by atoms with van der Waals surface area (Å²) in [5.41, 5.74) is 0.671. The Morgan fingerprint density at radius 2 is 2.04 bits per heavy atom. The summed E-state index contributed by atoms with van der Waals surface area (Å²) in [5, 5.41) is 11.1. The molecular weight excluding hydrogens is 386 g/mol. The molecule has 12 heteroatoms. The summed E-state index contributed by atoms with van der Waals surface area (Å²) >= 11 is 0. The number of aliphatic carboxylic acids is 1. The van der Waals surface area contributed by atoms with Crippen molar-refractivity contribution in [2.75, 3.05) is 0 Å². The fourth-order valence-corrected chi connectivity index (χ4v) is 2.52. The van der Waals surface area contributed by atoms with Gasteiger partial charge >= 0.3 is 12.1 Å². The van der Waals surface area contributed by atoms with Crippen LogP contribution in [0.5, 0.6) is 0 Å². The summed E-state index contributed by atoms with van der Waals surface area (Å²) in [6.45, 7) is 0.518. The highest BCUT2D eigenvalue weighted by atomic mass is 19.4. The van der Waals surface area contributed by atoms with Gasteiger partial charge in [0.2, 0.25) is 5.89 Å². The van der Waals surface area contributed by atoms with Gasteiger partial charge in [-0.2, -0.15) is 18.2 Å². The Bertz CT molecular complexity index is 942. The SMILES string of the molecule is Fc1cnccc1[C@@H]1C[C@H]1c1nc(Cn2ccnc2)no1.O=C(O)C(F)(F)F. The van der Waals surface area contributed by atoms with Crippen LogP contribution in [0, 0.1) is 5.82 Å². The number of carbonyl (C=O) groups is 1. The van der Waals surface area contributed by atoms with E-state index in [0.717, 1.165) is 6.42 Å². The van der Waals surface area contributed by atoms with Crippen LogP contribution in [0.3, 0.4) is 0 Å². The van der Waals surface area contributed by atoms with E-state index in [4.69, 9.17) is 14.4 Å². The molecule has 0 aliphatic heterocycles. The number of rotatable bonds is 4. The minimum Gasteiger partial charge on any atom is -0.475 e. The molecule has 28 heavy (non-hydrogen) atoms. The molecule has 0 bridgehead atoms. The minimum absolute atomic E-state index is 0.103. The first kappa shape index (κ1) is 19.5. The van der Waals surface area contributed by atoms with E-state index in [1.165, 1.54) is 6.20 Å². The number of pyridine rings is 1. The zero-order chi connectivity index (χ0) is 20.3. The second kappa shape index (κ2) is 7.74. The van der Waals surface area contributed by atoms with Gasteiger partial charge in [0, 0.05) is 24.5 Å². The summed E-state index contributed by atoms with van der Waals surface area (Å²) in [7, 11) is 0.